The molecule has 0 aliphatic heterocycles. The molecule has 0 unspecified atom stereocenters. The molecule has 86 valence electrons. The second-order valence-corrected chi connectivity index (χ2v) is 4.62. The van der Waals surface area contributed by atoms with Crippen LogP contribution in [0.15, 0.2) is 29.6 Å². The topological polar surface area (TPSA) is 48.7 Å². The molecule has 0 atom stereocenters. The van der Waals surface area contributed by atoms with Gasteiger partial charge >= 0.3 is 0 Å². The fourth-order valence-corrected chi connectivity index (χ4v) is 2.35. The Bertz CT molecular complexity index is 540. The molecule has 0 bridgehead atoms. The largest absolute Gasteiger partial charge is 0.319 e. The first-order valence-corrected chi connectivity index (χ1v) is 6.31. The van der Waals surface area contributed by atoms with E-state index in [1.54, 1.807) is 17.4 Å². The third-order valence-electron chi connectivity index (χ3n) is 2.43. The molecule has 1 aromatic heterocycles. The molecule has 2 aromatic rings. The third kappa shape index (κ3) is 2.90. The van der Waals surface area contributed by atoms with E-state index in [9.17, 15) is 0 Å². The van der Waals surface area contributed by atoms with Gasteiger partial charge in [0.1, 0.15) is 0 Å². The summed E-state index contributed by atoms with van der Waals surface area (Å²) in [5, 5.41) is 15.1. The van der Waals surface area contributed by atoms with Gasteiger partial charge in [0.15, 0.2) is 0 Å². The highest BCUT2D eigenvalue weighted by atomic mass is 32.1. The zero-order chi connectivity index (χ0) is 12.1. The van der Waals surface area contributed by atoms with Crippen molar-refractivity contribution in [2.24, 2.45) is 0 Å². The molecule has 0 saturated carbocycles. The molecular weight excluding hydrogens is 230 g/mol. The van der Waals surface area contributed by atoms with Crippen LogP contribution < -0.4 is 5.32 Å². The summed E-state index contributed by atoms with van der Waals surface area (Å²) in [6.45, 7) is 0.936. The summed E-state index contributed by atoms with van der Waals surface area (Å²) in [6.07, 6.45) is 0.944. The minimum absolute atomic E-state index is 0.673. The van der Waals surface area contributed by atoms with Gasteiger partial charge in [-0.05, 0) is 19.2 Å². The molecular formula is C13H13N3S. The van der Waals surface area contributed by atoms with E-state index >= 15 is 0 Å². The Morgan fingerprint density at radius 2 is 2.35 bits per heavy atom. The number of benzene rings is 1. The van der Waals surface area contributed by atoms with Crippen LogP contribution in [0.5, 0.6) is 0 Å². The molecule has 0 saturated heterocycles. The molecule has 0 radical (unpaired) electrons. The quantitative estimate of drug-likeness (QED) is 0.897. The van der Waals surface area contributed by atoms with Crippen molar-refractivity contribution >= 4 is 11.3 Å². The summed E-state index contributed by atoms with van der Waals surface area (Å²) in [4.78, 5) is 4.56. The summed E-state index contributed by atoms with van der Waals surface area (Å²) in [6, 6.07) is 9.69. The summed E-state index contributed by atoms with van der Waals surface area (Å²) in [5.41, 5.74) is 2.64. The van der Waals surface area contributed by atoms with Crippen LogP contribution in [0.4, 0.5) is 0 Å². The Labute approximate surface area is 105 Å². The highest BCUT2D eigenvalue weighted by Crippen LogP contribution is 2.22. The monoisotopic (exact) mass is 243 g/mol. The Hall–Kier alpha value is -1.70. The fourth-order valence-electron chi connectivity index (χ4n) is 1.54. The lowest BCUT2D eigenvalue weighted by Crippen LogP contribution is -2.09. The van der Waals surface area contributed by atoms with Gasteiger partial charge in [-0.15, -0.1) is 11.3 Å². The smallest absolute Gasteiger partial charge is 0.0991 e. The predicted octanol–water partition coefficient (Wildman–Crippen LogP) is 2.44. The molecule has 3 nitrogen and oxygen atoms in total. The van der Waals surface area contributed by atoms with Crippen molar-refractivity contribution in [2.75, 3.05) is 13.6 Å². The number of hydrogen-bond acceptors (Lipinski definition) is 4. The zero-order valence-corrected chi connectivity index (χ0v) is 10.4. The third-order valence-corrected chi connectivity index (χ3v) is 3.34. The number of nitrogens with zero attached hydrogens (tertiary/aromatic N) is 2. The van der Waals surface area contributed by atoms with E-state index in [4.69, 9.17) is 5.26 Å². The van der Waals surface area contributed by atoms with Crippen LogP contribution in [-0.2, 0) is 6.42 Å². The van der Waals surface area contributed by atoms with Crippen molar-refractivity contribution in [3.8, 4) is 17.3 Å². The molecule has 1 aromatic carbocycles. The van der Waals surface area contributed by atoms with Crippen LogP contribution in [0.25, 0.3) is 11.3 Å². The molecule has 0 fully saturated rings. The van der Waals surface area contributed by atoms with Gasteiger partial charge in [0.2, 0.25) is 0 Å². The van der Waals surface area contributed by atoms with Crippen molar-refractivity contribution in [2.45, 2.75) is 6.42 Å². The second-order valence-electron chi connectivity index (χ2n) is 3.67. The molecule has 0 spiro atoms. The average molecular weight is 243 g/mol. The van der Waals surface area contributed by atoms with Crippen molar-refractivity contribution < 1.29 is 0 Å². The fraction of sp³-hybridized carbons (Fsp3) is 0.231. The summed E-state index contributed by atoms with van der Waals surface area (Å²) in [5.74, 6) is 0. The first-order chi connectivity index (χ1) is 8.33. The van der Waals surface area contributed by atoms with Crippen LogP contribution in [0.2, 0.25) is 0 Å². The normalized spacial score (nSPS) is 10.1. The maximum Gasteiger partial charge on any atom is 0.0991 e. The van der Waals surface area contributed by atoms with Gasteiger partial charge < -0.3 is 5.32 Å². The van der Waals surface area contributed by atoms with Crippen molar-refractivity contribution in [1.82, 2.24) is 10.3 Å². The Balaban J connectivity index is 2.21. The highest BCUT2D eigenvalue weighted by Gasteiger charge is 2.04. The van der Waals surface area contributed by atoms with Gasteiger partial charge in [0.05, 0.1) is 22.3 Å². The first kappa shape index (κ1) is 11.8. The van der Waals surface area contributed by atoms with Crippen LogP contribution in [0, 0.1) is 11.3 Å². The lowest BCUT2D eigenvalue weighted by atomic mass is 10.1. The SMILES string of the molecule is CNCCc1nc(-c2cccc(C#N)c2)cs1. The maximum absolute atomic E-state index is 8.85. The van der Waals surface area contributed by atoms with Gasteiger partial charge in [-0.25, -0.2) is 4.98 Å². The number of thiazole rings is 1. The van der Waals surface area contributed by atoms with Crippen LogP contribution in [0.3, 0.4) is 0 Å². The lowest BCUT2D eigenvalue weighted by Gasteiger charge is -1.97. The summed E-state index contributed by atoms with van der Waals surface area (Å²) in [7, 11) is 1.94. The summed E-state index contributed by atoms with van der Waals surface area (Å²) < 4.78 is 0. The Morgan fingerprint density at radius 1 is 1.47 bits per heavy atom. The molecule has 0 amide bonds. The van der Waals surface area contributed by atoms with E-state index in [0.717, 1.165) is 29.2 Å². The van der Waals surface area contributed by atoms with E-state index < -0.39 is 0 Å². The van der Waals surface area contributed by atoms with E-state index in [2.05, 4.69) is 16.4 Å². The van der Waals surface area contributed by atoms with Crippen LogP contribution >= 0.6 is 11.3 Å². The minimum Gasteiger partial charge on any atom is -0.319 e. The van der Waals surface area contributed by atoms with E-state index in [0.29, 0.717) is 5.56 Å². The average Bonchev–Trinajstić information content (AvgIpc) is 2.85. The molecule has 4 heteroatoms. The van der Waals surface area contributed by atoms with Crippen LogP contribution in [0.1, 0.15) is 10.6 Å². The van der Waals surface area contributed by atoms with Gasteiger partial charge in [0, 0.05) is 23.9 Å². The lowest BCUT2D eigenvalue weighted by molar-refractivity contribution is 0.788. The van der Waals surface area contributed by atoms with Crippen LogP contribution in [-0.4, -0.2) is 18.6 Å². The number of rotatable bonds is 4. The van der Waals surface area contributed by atoms with E-state index in [1.165, 1.54) is 0 Å². The first-order valence-electron chi connectivity index (χ1n) is 5.43. The molecule has 2 rings (SSSR count). The summed E-state index contributed by atoms with van der Waals surface area (Å²) >= 11 is 1.66. The van der Waals surface area contributed by atoms with E-state index in [1.807, 2.05) is 30.6 Å². The zero-order valence-electron chi connectivity index (χ0n) is 9.60. The molecule has 0 aliphatic carbocycles. The second kappa shape index (κ2) is 5.58. The minimum atomic E-state index is 0.673. The number of nitrogens with one attached hydrogen (secondary N) is 1. The number of nitriles is 1. The molecule has 0 aliphatic rings. The molecule has 1 heterocycles. The van der Waals surface area contributed by atoms with E-state index in [-0.39, 0.29) is 0 Å². The van der Waals surface area contributed by atoms with Gasteiger partial charge in [-0.3, -0.25) is 0 Å². The van der Waals surface area contributed by atoms with Crippen molar-refractivity contribution in [3.63, 3.8) is 0 Å². The van der Waals surface area contributed by atoms with Crippen molar-refractivity contribution in [3.05, 3.63) is 40.2 Å². The van der Waals surface area contributed by atoms with Gasteiger partial charge in [-0.1, -0.05) is 12.1 Å². The van der Waals surface area contributed by atoms with Crippen molar-refractivity contribution in [1.29, 1.82) is 5.26 Å². The maximum atomic E-state index is 8.85. The number of aromatic nitrogens is 1. The highest BCUT2D eigenvalue weighted by molar-refractivity contribution is 7.09. The Kier molecular flexibility index (Phi) is 3.86. The van der Waals surface area contributed by atoms with Gasteiger partial charge in [0.25, 0.3) is 0 Å². The molecule has 17 heavy (non-hydrogen) atoms. The standard InChI is InChI=1S/C13H13N3S/c1-15-6-5-13-16-12(9-17-13)11-4-2-3-10(7-11)8-14/h2-4,7,9,15H,5-6H2,1H3. The predicted molar refractivity (Wildman–Crippen MR) is 69.9 cm³/mol. The number of hydrogen-bond donors (Lipinski definition) is 1. The molecule has 1 N–H and O–H groups in total. The Morgan fingerprint density at radius 3 is 3.12 bits per heavy atom. The number of likely N-dealkylation sites (N-methyl/N-ethyl adjacent to an activating group) is 1. The van der Waals surface area contributed by atoms with Gasteiger partial charge in [-0.2, -0.15) is 5.26 Å².